The molecule has 3 unspecified atom stereocenters. The van der Waals surface area contributed by atoms with Crippen LogP contribution in [0.3, 0.4) is 0 Å². The highest BCUT2D eigenvalue weighted by atomic mass is 16.4. The Morgan fingerprint density at radius 3 is 2.09 bits per heavy atom. The molecular formula is C18H19N3O2. The fraction of sp³-hybridized carbons (Fsp3) is 0.278. The van der Waals surface area contributed by atoms with Gasteiger partial charge in [-0.15, -0.1) is 4.91 Å². The normalized spacial score (nSPS) is 26.2. The van der Waals surface area contributed by atoms with E-state index in [0.717, 1.165) is 11.1 Å². The quantitative estimate of drug-likeness (QED) is 0.521. The van der Waals surface area contributed by atoms with E-state index in [1.165, 1.54) is 0 Å². The van der Waals surface area contributed by atoms with Crippen LogP contribution in [0, 0.1) is 10.8 Å². The molecule has 5 nitrogen and oxygen atoms in total. The van der Waals surface area contributed by atoms with Crippen LogP contribution in [0.5, 0.6) is 0 Å². The van der Waals surface area contributed by atoms with Crippen molar-refractivity contribution in [2.75, 3.05) is 0 Å². The van der Waals surface area contributed by atoms with Gasteiger partial charge in [-0.3, -0.25) is 0 Å². The topological polar surface area (TPSA) is 65.3 Å². The molecule has 3 rings (SSSR count). The van der Waals surface area contributed by atoms with Crippen LogP contribution in [-0.2, 0) is 0 Å². The Labute approximate surface area is 135 Å². The molecule has 3 atom stereocenters. The van der Waals surface area contributed by atoms with Crippen molar-refractivity contribution in [3.05, 3.63) is 76.7 Å². The number of nitroso groups, excluding NO2 is 1. The first-order chi connectivity index (χ1) is 11.3. The van der Waals surface area contributed by atoms with Gasteiger partial charge in [-0.25, -0.2) is 5.01 Å². The second-order valence-electron chi connectivity index (χ2n) is 5.83. The maximum atomic E-state index is 11.6. The SMILES string of the molecule is CC1/C(=N/O)CC(c2ccccc2)N(N=O)C1c1ccccc1. The second kappa shape index (κ2) is 6.60. The molecule has 1 aliphatic heterocycles. The first-order valence-corrected chi connectivity index (χ1v) is 7.68. The molecule has 0 amide bonds. The third-order valence-electron chi connectivity index (χ3n) is 4.55. The van der Waals surface area contributed by atoms with Crippen LogP contribution >= 0.6 is 0 Å². The summed E-state index contributed by atoms with van der Waals surface area (Å²) in [6.07, 6.45) is 0.483. The van der Waals surface area contributed by atoms with Gasteiger partial charge in [0.15, 0.2) is 0 Å². The lowest BCUT2D eigenvalue weighted by Crippen LogP contribution is -2.41. The Hall–Kier alpha value is -2.69. The number of hydrogen-bond donors (Lipinski definition) is 1. The van der Waals surface area contributed by atoms with E-state index in [-0.39, 0.29) is 18.0 Å². The van der Waals surface area contributed by atoms with Crippen LogP contribution in [-0.4, -0.2) is 15.9 Å². The molecule has 1 heterocycles. The Morgan fingerprint density at radius 1 is 1.00 bits per heavy atom. The van der Waals surface area contributed by atoms with Gasteiger partial charge in [0.05, 0.1) is 23.1 Å². The molecule has 0 spiro atoms. The molecule has 1 aliphatic rings. The van der Waals surface area contributed by atoms with Crippen LogP contribution in [0.2, 0.25) is 0 Å². The standard InChI is InChI=1S/C18H19N3O2/c1-13-16(19-22)12-17(14-8-4-2-5-9-14)21(20-23)18(13)15-10-6-3-7-11-15/h2-11,13,17-18,22H,12H2,1H3/b19-16+. The minimum Gasteiger partial charge on any atom is -0.411 e. The summed E-state index contributed by atoms with van der Waals surface area (Å²) < 4.78 is 0. The first kappa shape index (κ1) is 15.2. The maximum Gasteiger partial charge on any atom is 0.0838 e. The Morgan fingerprint density at radius 2 is 1.57 bits per heavy atom. The number of piperidine rings is 1. The second-order valence-corrected chi connectivity index (χ2v) is 5.83. The van der Waals surface area contributed by atoms with E-state index in [4.69, 9.17) is 0 Å². The fourth-order valence-electron chi connectivity index (χ4n) is 3.36. The van der Waals surface area contributed by atoms with Crippen LogP contribution in [0.25, 0.3) is 0 Å². The molecule has 0 aliphatic carbocycles. The van der Waals surface area contributed by atoms with Gasteiger partial charge in [0.1, 0.15) is 0 Å². The van der Waals surface area contributed by atoms with Crippen molar-refractivity contribution in [3.63, 3.8) is 0 Å². The molecule has 0 bridgehead atoms. The molecule has 2 aromatic rings. The van der Waals surface area contributed by atoms with Gasteiger partial charge >= 0.3 is 0 Å². The Kier molecular flexibility index (Phi) is 4.37. The Balaban J connectivity index is 2.07. The number of hydrogen-bond acceptors (Lipinski definition) is 4. The lowest BCUT2D eigenvalue weighted by atomic mass is 9.81. The first-order valence-electron chi connectivity index (χ1n) is 7.68. The summed E-state index contributed by atoms with van der Waals surface area (Å²) in [5.74, 6) is -0.0972. The summed E-state index contributed by atoms with van der Waals surface area (Å²) in [6, 6.07) is 19.0. The third-order valence-corrected chi connectivity index (χ3v) is 4.55. The van der Waals surface area contributed by atoms with E-state index in [2.05, 4.69) is 10.4 Å². The van der Waals surface area contributed by atoms with Crippen molar-refractivity contribution in [2.45, 2.75) is 25.4 Å². The number of rotatable bonds is 3. The van der Waals surface area contributed by atoms with Crippen LogP contribution in [0.15, 0.2) is 71.1 Å². The molecule has 0 saturated carbocycles. The van der Waals surface area contributed by atoms with Gasteiger partial charge in [0.25, 0.3) is 0 Å². The number of nitrogens with zero attached hydrogens (tertiary/aromatic N) is 3. The number of oxime groups is 1. The fourth-order valence-corrected chi connectivity index (χ4v) is 3.36. The maximum absolute atomic E-state index is 11.6. The molecule has 1 fully saturated rings. The predicted molar refractivity (Wildman–Crippen MR) is 89.0 cm³/mol. The van der Waals surface area contributed by atoms with Crippen molar-refractivity contribution in [1.82, 2.24) is 5.01 Å². The van der Waals surface area contributed by atoms with E-state index < -0.39 is 0 Å². The summed E-state index contributed by atoms with van der Waals surface area (Å²) in [4.78, 5) is 11.6. The minimum absolute atomic E-state index is 0.0972. The van der Waals surface area contributed by atoms with Gasteiger partial charge in [0.2, 0.25) is 0 Å². The van der Waals surface area contributed by atoms with Crippen molar-refractivity contribution < 1.29 is 5.21 Å². The van der Waals surface area contributed by atoms with E-state index in [0.29, 0.717) is 12.1 Å². The smallest absolute Gasteiger partial charge is 0.0838 e. The van der Waals surface area contributed by atoms with Crippen molar-refractivity contribution >= 4 is 5.71 Å². The van der Waals surface area contributed by atoms with Crippen molar-refractivity contribution in [1.29, 1.82) is 0 Å². The highest BCUT2D eigenvalue weighted by molar-refractivity contribution is 5.88. The van der Waals surface area contributed by atoms with Crippen molar-refractivity contribution in [2.24, 2.45) is 16.4 Å². The summed E-state index contributed by atoms with van der Waals surface area (Å²) in [5.41, 5.74) is 2.66. The highest BCUT2D eigenvalue weighted by Gasteiger charge is 2.41. The van der Waals surface area contributed by atoms with Gasteiger partial charge in [-0.05, 0) is 11.1 Å². The van der Waals surface area contributed by atoms with Gasteiger partial charge < -0.3 is 5.21 Å². The van der Waals surface area contributed by atoms with Crippen LogP contribution in [0.1, 0.15) is 36.6 Å². The van der Waals surface area contributed by atoms with Gasteiger partial charge in [-0.1, -0.05) is 72.7 Å². The van der Waals surface area contributed by atoms with E-state index in [9.17, 15) is 10.1 Å². The summed E-state index contributed by atoms with van der Waals surface area (Å²) in [6.45, 7) is 1.96. The van der Waals surface area contributed by atoms with Crippen LogP contribution in [0.4, 0.5) is 0 Å². The summed E-state index contributed by atoms with van der Waals surface area (Å²) in [7, 11) is 0. The summed E-state index contributed by atoms with van der Waals surface area (Å²) in [5, 5.41) is 17.8. The molecule has 118 valence electrons. The predicted octanol–water partition coefficient (Wildman–Crippen LogP) is 4.32. The molecule has 0 radical (unpaired) electrons. The van der Waals surface area contributed by atoms with E-state index >= 15 is 0 Å². The largest absolute Gasteiger partial charge is 0.411 e. The molecule has 1 N–H and O–H groups in total. The monoisotopic (exact) mass is 309 g/mol. The lowest BCUT2D eigenvalue weighted by Gasteiger charge is -2.42. The average Bonchev–Trinajstić information content (AvgIpc) is 2.62. The third kappa shape index (κ3) is 2.82. The Bertz CT molecular complexity index is 688. The lowest BCUT2D eigenvalue weighted by molar-refractivity contribution is 0.0955. The number of benzene rings is 2. The average molecular weight is 309 g/mol. The molecule has 0 aromatic heterocycles. The van der Waals surface area contributed by atoms with Crippen LogP contribution < -0.4 is 0 Å². The molecule has 5 heteroatoms. The highest BCUT2D eigenvalue weighted by Crippen LogP contribution is 2.43. The molecule has 23 heavy (non-hydrogen) atoms. The molecule has 2 aromatic carbocycles. The minimum atomic E-state index is -0.251. The zero-order valence-electron chi connectivity index (χ0n) is 12.9. The van der Waals surface area contributed by atoms with E-state index in [1.54, 1.807) is 5.01 Å². The van der Waals surface area contributed by atoms with Crippen molar-refractivity contribution in [3.8, 4) is 0 Å². The molecular weight excluding hydrogens is 290 g/mol. The van der Waals surface area contributed by atoms with Gasteiger partial charge in [0, 0.05) is 12.3 Å². The summed E-state index contributed by atoms with van der Waals surface area (Å²) >= 11 is 0. The molecule has 1 saturated heterocycles. The van der Waals surface area contributed by atoms with Gasteiger partial charge in [-0.2, -0.15) is 0 Å². The zero-order chi connectivity index (χ0) is 16.2. The zero-order valence-corrected chi connectivity index (χ0v) is 12.9. The van der Waals surface area contributed by atoms with E-state index in [1.807, 2.05) is 67.6 Å².